The van der Waals surface area contributed by atoms with Crippen LogP contribution in [0.2, 0.25) is 0 Å². The largest absolute Gasteiger partial charge is 0.493 e. The van der Waals surface area contributed by atoms with Gasteiger partial charge in [0.1, 0.15) is 5.75 Å². The summed E-state index contributed by atoms with van der Waals surface area (Å²) in [6.45, 7) is 0.678. The topological polar surface area (TPSA) is 67.4 Å². The Morgan fingerprint density at radius 3 is 2.90 bits per heavy atom. The molecule has 3 rings (SSSR count). The molecule has 0 aliphatic carbocycles. The smallest absolute Gasteiger partial charge is 0.243 e. The first-order chi connectivity index (χ1) is 10.1. The second-order valence-electron chi connectivity index (χ2n) is 5.40. The fourth-order valence-corrected chi connectivity index (χ4v) is 3.15. The van der Waals surface area contributed by atoms with Crippen LogP contribution in [0.25, 0.3) is 0 Å². The Kier molecular flexibility index (Phi) is 4.26. The summed E-state index contributed by atoms with van der Waals surface area (Å²) < 4.78 is 6.74. The van der Waals surface area contributed by atoms with Crippen molar-refractivity contribution in [3.8, 4) is 5.75 Å². The first-order valence-corrected chi connectivity index (χ1v) is 7.95. The highest BCUT2D eigenvalue weighted by Gasteiger charge is 2.30. The van der Waals surface area contributed by atoms with Crippen molar-refractivity contribution >= 4 is 27.7 Å². The fraction of sp³-hybridized carbons (Fsp3) is 0.467. The van der Waals surface area contributed by atoms with Crippen LogP contribution in [0.4, 0.5) is 0 Å². The molecular weight excluding hydrogens is 336 g/mol. The van der Waals surface area contributed by atoms with E-state index < -0.39 is 0 Å². The van der Waals surface area contributed by atoms with Gasteiger partial charge in [-0.25, -0.2) is 0 Å². The number of ether oxygens (including phenoxy) is 1. The lowest BCUT2D eigenvalue weighted by Gasteiger charge is -2.27. The van der Waals surface area contributed by atoms with Gasteiger partial charge in [-0.15, -0.1) is 0 Å². The molecule has 2 atom stereocenters. The zero-order valence-corrected chi connectivity index (χ0v) is 13.1. The molecule has 6 heteroatoms. The molecule has 112 valence electrons. The maximum Gasteiger partial charge on any atom is 0.243 e. The van der Waals surface area contributed by atoms with Crippen LogP contribution in [0.1, 0.15) is 37.3 Å². The second kappa shape index (κ2) is 6.15. The number of hydrogen-bond acceptors (Lipinski definition) is 4. The normalized spacial score (nSPS) is 25.6. The van der Waals surface area contributed by atoms with E-state index in [0.29, 0.717) is 19.4 Å². The molecule has 0 aromatic heterocycles. The Morgan fingerprint density at radius 2 is 2.10 bits per heavy atom. The summed E-state index contributed by atoms with van der Waals surface area (Å²) in [7, 11) is 0. The molecule has 1 aromatic carbocycles. The van der Waals surface area contributed by atoms with E-state index in [1.807, 2.05) is 18.2 Å². The van der Waals surface area contributed by atoms with Gasteiger partial charge in [0.05, 0.1) is 12.6 Å². The average Bonchev–Trinajstić information content (AvgIpc) is 2.64. The van der Waals surface area contributed by atoms with Crippen LogP contribution in [-0.2, 0) is 9.59 Å². The Bertz CT molecular complexity index is 576. The molecule has 0 radical (unpaired) electrons. The van der Waals surface area contributed by atoms with E-state index in [1.54, 1.807) is 0 Å². The van der Waals surface area contributed by atoms with E-state index in [9.17, 15) is 9.59 Å². The summed E-state index contributed by atoms with van der Waals surface area (Å²) in [6.07, 6.45) is 2.78. The van der Waals surface area contributed by atoms with E-state index in [4.69, 9.17) is 4.74 Å². The number of rotatable bonds is 2. The number of carbonyl (C=O) groups is 2. The van der Waals surface area contributed by atoms with Crippen molar-refractivity contribution in [3.63, 3.8) is 0 Å². The Labute approximate surface area is 131 Å². The van der Waals surface area contributed by atoms with Crippen molar-refractivity contribution in [2.45, 2.75) is 37.8 Å². The van der Waals surface area contributed by atoms with Gasteiger partial charge in [-0.05, 0) is 31.4 Å². The van der Waals surface area contributed by atoms with E-state index in [0.717, 1.165) is 28.6 Å². The molecule has 2 heterocycles. The van der Waals surface area contributed by atoms with Crippen LogP contribution < -0.4 is 15.4 Å². The maximum atomic E-state index is 11.9. The highest BCUT2D eigenvalue weighted by Crippen LogP contribution is 2.34. The van der Waals surface area contributed by atoms with Gasteiger partial charge in [0, 0.05) is 22.5 Å². The number of piperidine rings is 1. The Hall–Kier alpha value is -1.40. The zero-order chi connectivity index (χ0) is 14.8. The van der Waals surface area contributed by atoms with Crippen molar-refractivity contribution in [3.05, 3.63) is 28.2 Å². The average molecular weight is 353 g/mol. The van der Waals surface area contributed by atoms with E-state index in [2.05, 4.69) is 26.6 Å². The molecular formula is C15H17BrN2O3. The van der Waals surface area contributed by atoms with E-state index in [1.165, 1.54) is 0 Å². The summed E-state index contributed by atoms with van der Waals surface area (Å²) in [6, 6.07) is 5.71. The number of nitrogens with one attached hydrogen (secondary N) is 2. The van der Waals surface area contributed by atoms with Crippen molar-refractivity contribution in [2.24, 2.45) is 0 Å². The highest BCUT2D eigenvalue weighted by atomic mass is 79.9. The first kappa shape index (κ1) is 14.5. The number of carbonyl (C=O) groups excluding carboxylic acids is 2. The first-order valence-electron chi connectivity index (χ1n) is 7.15. The molecule has 0 bridgehead atoms. The quantitative estimate of drug-likeness (QED) is 0.799. The summed E-state index contributed by atoms with van der Waals surface area (Å²) >= 11 is 3.45. The molecule has 1 saturated heterocycles. The summed E-state index contributed by atoms with van der Waals surface area (Å²) in [5, 5.41) is 5.77. The SMILES string of the molecule is O=C1CCC(NC2CCCOc3cc(Br)ccc32)C(=O)N1. The van der Waals surface area contributed by atoms with Crippen LogP contribution in [0.15, 0.2) is 22.7 Å². The third-order valence-corrected chi connectivity index (χ3v) is 4.38. The van der Waals surface area contributed by atoms with Crippen LogP contribution in [0.3, 0.4) is 0 Å². The predicted octanol–water partition coefficient (Wildman–Crippen LogP) is 2.06. The number of hydrogen-bond donors (Lipinski definition) is 2. The van der Waals surface area contributed by atoms with Gasteiger partial charge in [-0.2, -0.15) is 0 Å². The molecule has 2 aliphatic heterocycles. The lowest BCUT2D eigenvalue weighted by molar-refractivity contribution is -0.134. The minimum absolute atomic E-state index is 0.0690. The number of imide groups is 1. The third-order valence-electron chi connectivity index (χ3n) is 3.89. The Balaban J connectivity index is 1.79. The number of amides is 2. The number of halogens is 1. The second-order valence-corrected chi connectivity index (χ2v) is 6.31. The van der Waals surface area contributed by atoms with Crippen molar-refractivity contribution < 1.29 is 14.3 Å². The minimum Gasteiger partial charge on any atom is -0.493 e. The summed E-state index contributed by atoms with van der Waals surface area (Å²) in [4.78, 5) is 23.1. The predicted molar refractivity (Wildman–Crippen MR) is 80.9 cm³/mol. The van der Waals surface area contributed by atoms with Crippen LogP contribution >= 0.6 is 15.9 Å². The van der Waals surface area contributed by atoms with Crippen molar-refractivity contribution in [1.29, 1.82) is 0 Å². The van der Waals surface area contributed by atoms with Crippen LogP contribution in [0.5, 0.6) is 5.75 Å². The lowest BCUT2D eigenvalue weighted by atomic mass is 9.98. The Morgan fingerprint density at radius 1 is 1.24 bits per heavy atom. The molecule has 5 nitrogen and oxygen atoms in total. The van der Waals surface area contributed by atoms with Gasteiger partial charge < -0.3 is 4.74 Å². The van der Waals surface area contributed by atoms with E-state index in [-0.39, 0.29) is 23.9 Å². The third kappa shape index (κ3) is 3.27. The molecule has 0 saturated carbocycles. The standard InChI is InChI=1S/C15H17BrN2O3/c16-9-3-4-10-11(2-1-7-21-13(10)8-9)17-12-5-6-14(19)18-15(12)20/h3-4,8,11-12,17H,1-2,5-7H2,(H,18,19,20). The van der Waals surface area contributed by atoms with Gasteiger partial charge in [-0.3, -0.25) is 20.2 Å². The van der Waals surface area contributed by atoms with Crippen molar-refractivity contribution in [1.82, 2.24) is 10.6 Å². The number of fused-ring (bicyclic) bond motifs is 1. The molecule has 21 heavy (non-hydrogen) atoms. The molecule has 2 unspecified atom stereocenters. The summed E-state index contributed by atoms with van der Waals surface area (Å²) in [5.74, 6) is 0.438. The van der Waals surface area contributed by atoms with Crippen molar-refractivity contribution in [2.75, 3.05) is 6.61 Å². The van der Waals surface area contributed by atoms with Gasteiger partial charge in [0.2, 0.25) is 11.8 Å². The molecule has 2 amide bonds. The fourth-order valence-electron chi connectivity index (χ4n) is 2.81. The molecule has 0 spiro atoms. The molecule has 1 aromatic rings. The van der Waals surface area contributed by atoms with Gasteiger partial charge in [0.15, 0.2) is 0 Å². The van der Waals surface area contributed by atoms with Crippen LogP contribution in [0, 0.1) is 0 Å². The molecule has 2 aliphatic rings. The number of benzene rings is 1. The molecule has 1 fully saturated rings. The van der Waals surface area contributed by atoms with Gasteiger partial charge in [0.25, 0.3) is 0 Å². The maximum absolute atomic E-state index is 11.9. The minimum atomic E-state index is -0.317. The van der Waals surface area contributed by atoms with Gasteiger partial charge in [-0.1, -0.05) is 22.0 Å². The highest BCUT2D eigenvalue weighted by molar-refractivity contribution is 9.10. The van der Waals surface area contributed by atoms with Gasteiger partial charge >= 0.3 is 0 Å². The summed E-state index contributed by atoms with van der Waals surface area (Å²) in [5.41, 5.74) is 1.07. The zero-order valence-electron chi connectivity index (χ0n) is 11.5. The molecule has 2 N–H and O–H groups in total. The van der Waals surface area contributed by atoms with Crippen LogP contribution in [-0.4, -0.2) is 24.5 Å². The van der Waals surface area contributed by atoms with E-state index >= 15 is 0 Å². The lowest BCUT2D eigenvalue weighted by Crippen LogP contribution is -2.51. The monoisotopic (exact) mass is 352 g/mol.